The van der Waals surface area contributed by atoms with Gasteiger partial charge in [0, 0.05) is 33.9 Å². The predicted molar refractivity (Wildman–Crippen MR) is 138 cm³/mol. The van der Waals surface area contributed by atoms with Crippen molar-refractivity contribution in [1.29, 1.82) is 0 Å². The van der Waals surface area contributed by atoms with Crippen LogP contribution in [0.15, 0.2) is 83.6 Å². The third-order valence-corrected chi connectivity index (χ3v) is 7.01. The molecule has 4 heterocycles. The number of benzene rings is 1. The van der Waals surface area contributed by atoms with Gasteiger partial charge in [0.1, 0.15) is 0 Å². The van der Waals surface area contributed by atoms with Crippen LogP contribution in [0, 0.1) is 13.8 Å². The van der Waals surface area contributed by atoms with Crippen LogP contribution in [0.3, 0.4) is 0 Å². The van der Waals surface area contributed by atoms with Crippen LogP contribution in [0.4, 0.5) is 0 Å². The van der Waals surface area contributed by atoms with Crippen LogP contribution in [-0.2, 0) is 6.54 Å². The Hall–Kier alpha value is -3.03. The average molecular weight is 518 g/mol. The van der Waals surface area contributed by atoms with E-state index in [0.29, 0.717) is 6.54 Å². The quantitative estimate of drug-likeness (QED) is 0.338. The second-order valence-electron chi connectivity index (χ2n) is 8.21. The van der Waals surface area contributed by atoms with E-state index in [1.54, 1.807) is 0 Å². The zero-order valence-corrected chi connectivity index (χ0v) is 20.8. The molecule has 0 spiro atoms. The smallest absolute Gasteiger partial charge is 0.170 e. The van der Waals surface area contributed by atoms with Crippen LogP contribution in [0.5, 0.6) is 0 Å². The zero-order chi connectivity index (χ0) is 22.9. The molecule has 0 bridgehead atoms. The normalized spacial score (nSPS) is 17.9. The molecule has 0 radical (unpaired) electrons. The van der Waals surface area contributed by atoms with E-state index in [1.807, 2.05) is 42.7 Å². The summed E-state index contributed by atoms with van der Waals surface area (Å²) in [5.74, 6) is 0. The highest BCUT2D eigenvalue weighted by Gasteiger charge is 2.41. The zero-order valence-electron chi connectivity index (χ0n) is 18.4. The first-order chi connectivity index (χ1) is 16.0. The van der Waals surface area contributed by atoms with Gasteiger partial charge >= 0.3 is 0 Å². The van der Waals surface area contributed by atoms with Crippen LogP contribution in [0.25, 0.3) is 5.69 Å². The molecule has 0 saturated carbocycles. The van der Waals surface area contributed by atoms with Crippen LogP contribution >= 0.6 is 28.1 Å². The van der Waals surface area contributed by atoms with E-state index in [0.717, 1.165) is 26.7 Å². The number of aryl methyl sites for hydroxylation is 1. The molecular formula is C26H24BrN5S. The Kier molecular flexibility index (Phi) is 6.00. The first kappa shape index (κ1) is 21.8. The lowest BCUT2D eigenvalue weighted by molar-refractivity contribution is 0.307. The molecule has 3 aromatic heterocycles. The van der Waals surface area contributed by atoms with Crippen molar-refractivity contribution < 1.29 is 0 Å². The van der Waals surface area contributed by atoms with Gasteiger partial charge in [-0.2, -0.15) is 0 Å². The maximum absolute atomic E-state index is 5.83. The number of halogens is 1. The molecule has 166 valence electrons. The molecule has 5 rings (SSSR count). The number of aromatic nitrogens is 3. The molecule has 33 heavy (non-hydrogen) atoms. The molecule has 2 atom stereocenters. The van der Waals surface area contributed by atoms with Gasteiger partial charge in [0.05, 0.1) is 30.0 Å². The van der Waals surface area contributed by atoms with Gasteiger partial charge in [0.2, 0.25) is 0 Å². The summed E-state index contributed by atoms with van der Waals surface area (Å²) in [5, 5.41) is 4.26. The lowest BCUT2D eigenvalue weighted by atomic mass is 9.96. The molecule has 1 fully saturated rings. The number of rotatable bonds is 5. The summed E-state index contributed by atoms with van der Waals surface area (Å²) in [5.41, 5.74) is 6.70. The van der Waals surface area contributed by atoms with Gasteiger partial charge in [-0.1, -0.05) is 28.1 Å². The molecule has 7 heteroatoms. The molecule has 1 saturated heterocycles. The molecule has 1 N–H and O–H groups in total. The van der Waals surface area contributed by atoms with Gasteiger partial charge < -0.3 is 14.8 Å². The van der Waals surface area contributed by atoms with Gasteiger partial charge in [-0.25, -0.2) is 0 Å². The van der Waals surface area contributed by atoms with E-state index in [1.165, 1.54) is 17.0 Å². The fourth-order valence-electron chi connectivity index (χ4n) is 4.66. The van der Waals surface area contributed by atoms with Crippen LogP contribution in [0.1, 0.15) is 40.4 Å². The summed E-state index contributed by atoms with van der Waals surface area (Å²) in [6.07, 6.45) is 3.66. The summed E-state index contributed by atoms with van der Waals surface area (Å²) in [6.45, 7) is 4.96. The summed E-state index contributed by atoms with van der Waals surface area (Å²) in [6, 6.07) is 22.6. The van der Waals surface area contributed by atoms with Crippen molar-refractivity contribution in [1.82, 2.24) is 24.8 Å². The minimum Gasteiger partial charge on any atom is -0.352 e. The largest absolute Gasteiger partial charge is 0.352 e. The van der Waals surface area contributed by atoms with Gasteiger partial charge in [-0.3, -0.25) is 9.97 Å². The molecule has 1 aliphatic heterocycles. The fourth-order valence-corrected chi connectivity index (χ4v) is 5.22. The minimum absolute atomic E-state index is 0.00944. The highest BCUT2D eigenvalue weighted by Crippen LogP contribution is 2.42. The molecule has 0 amide bonds. The number of thiocarbonyl (C=S) groups is 1. The van der Waals surface area contributed by atoms with E-state index in [-0.39, 0.29) is 12.1 Å². The van der Waals surface area contributed by atoms with Gasteiger partial charge in [0.15, 0.2) is 5.11 Å². The van der Waals surface area contributed by atoms with Crippen molar-refractivity contribution in [2.45, 2.75) is 32.5 Å². The van der Waals surface area contributed by atoms with Crippen molar-refractivity contribution in [2.75, 3.05) is 0 Å². The third-order valence-electron chi connectivity index (χ3n) is 6.13. The molecular weight excluding hydrogens is 494 g/mol. The van der Waals surface area contributed by atoms with Crippen molar-refractivity contribution in [3.63, 3.8) is 0 Å². The SMILES string of the molecule is Cc1cc([C@@H]2[C@@H](c3ccccn3)NC(=S)N2Cc2ccccn2)c(C)n1-c1ccc(Br)cc1. The standard InChI is InChI=1S/C26H24BrN5S/c1-17-15-22(18(2)32(17)21-11-9-19(27)10-12-21)25-24(23-8-4-6-14-29-23)30-26(33)31(25)16-20-7-3-5-13-28-20/h3-15,24-25H,16H2,1-2H3,(H,30,33)/t24-,25-/m1/s1. The Morgan fingerprint density at radius 3 is 2.36 bits per heavy atom. The Morgan fingerprint density at radius 2 is 1.70 bits per heavy atom. The number of hydrogen-bond donors (Lipinski definition) is 1. The second-order valence-corrected chi connectivity index (χ2v) is 9.52. The van der Waals surface area contributed by atoms with Gasteiger partial charge in [-0.15, -0.1) is 0 Å². The minimum atomic E-state index is -0.0544. The van der Waals surface area contributed by atoms with Crippen LogP contribution in [-0.4, -0.2) is 24.5 Å². The molecule has 1 aromatic carbocycles. The topological polar surface area (TPSA) is 46.0 Å². The number of hydrogen-bond acceptors (Lipinski definition) is 3. The van der Waals surface area contributed by atoms with Crippen molar-refractivity contribution in [2.24, 2.45) is 0 Å². The number of nitrogens with one attached hydrogen (secondary N) is 1. The van der Waals surface area contributed by atoms with E-state index in [2.05, 4.69) is 90.9 Å². The van der Waals surface area contributed by atoms with E-state index in [4.69, 9.17) is 12.2 Å². The van der Waals surface area contributed by atoms with E-state index < -0.39 is 0 Å². The highest BCUT2D eigenvalue weighted by molar-refractivity contribution is 9.10. The third kappa shape index (κ3) is 4.18. The Bertz CT molecular complexity index is 1270. The van der Waals surface area contributed by atoms with Gasteiger partial charge in [-0.05, 0) is 86.2 Å². The summed E-state index contributed by atoms with van der Waals surface area (Å²) in [7, 11) is 0. The number of nitrogens with zero attached hydrogens (tertiary/aromatic N) is 4. The Labute approximate surface area is 207 Å². The predicted octanol–water partition coefficient (Wildman–Crippen LogP) is 5.82. The highest BCUT2D eigenvalue weighted by atomic mass is 79.9. The molecule has 0 unspecified atom stereocenters. The Balaban J connectivity index is 1.61. The average Bonchev–Trinajstić information content (AvgIpc) is 3.31. The second kappa shape index (κ2) is 9.08. The maximum Gasteiger partial charge on any atom is 0.170 e. The van der Waals surface area contributed by atoms with Crippen LogP contribution < -0.4 is 5.32 Å². The van der Waals surface area contributed by atoms with Crippen molar-refractivity contribution in [3.8, 4) is 5.69 Å². The molecule has 4 aromatic rings. The summed E-state index contributed by atoms with van der Waals surface area (Å²) >= 11 is 9.37. The summed E-state index contributed by atoms with van der Waals surface area (Å²) < 4.78 is 3.37. The molecule has 5 nitrogen and oxygen atoms in total. The van der Waals surface area contributed by atoms with E-state index in [9.17, 15) is 0 Å². The van der Waals surface area contributed by atoms with Gasteiger partial charge in [0.25, 0.3) is 0 Å². The summed E-state index contributed by atoms with van der Waals surface area (Å²) in [4.78, 5) is 11.5. The monoisotopic (exact) mass is 517 g/mol. The first-order valence-electron chi connectivity index (χ1n) is 10.9. The molecule has 0 aliphatic carbocycles. The van der Waals surface area contributed by atoms with Crippen LogP contribution in [0.2, 0.25) is 0 Å². The first-order valence-corrected chi connectivity index (χ1v) is 12.1. The Morgan fingerprint density at radius 1 is 0.970 bits per heavy atom. The van der Waals surface area contributed by atoms with E-state index >= 15 is 0 Å². The fraction of sp³-hybridized carbons (Fsp3) is 0.192. The number of pyridine rings is 2. The van der Waals surface area contributed by atoms with Crippen molar-refractivity contribution >= 4 is 33.3 Å². The van der Waals surface area contributed by atoms with Crippen molar-refractivity contribution in [3.05, 3.63) is 112 Å². The lowest BCUT2D eigenvalue weighted by Gasteiger charge is -2.28. The molecule has 1 aliphatic rings. The maximum atomic E-state index is 5.83. The lowest BCUT2D eigenvalue weighted by Crippen LogP contribution is -2.29.